The number of thiocarbonyl (C=S) groups is 1. The third kappa shape index (κ3) is 11.8. The average Bonchev–Trinajstić information content (AvgIpc) is 2.87. The van der Waals surface area contributed by atoms with Gasteiger partial charge in [0.15, 0.2) is 5.11 Å². The van der Waals surface area contributed by atoms with Crippen molar-refractivity contribution in [1.29, 1.82) is 0 Å². The Balaban J connectivity index is 1.63. The minimum Gasteiger partial charge on any atom is -0.319 e. The second kappa shape index (κ2) is 18.2. The van der Waals surface area contributed by atoms with Crippen LogP contribution < -0.4 is 10.2 Å². The largest absolute Gasteiger partial charge is 0.319 e. The number of carbonyl (C=O) groups is 1. The number of nitrogens with one attached hydrogen (secondary N) is 1. The van der Waals surface area contributed by atoms with Crippen LogP contribution in [0.2, 0.25) is 0 Å². The Morgan fingerprint density at radius 3 is 1.62 bits per heavy atom. The van der Waals surface area contributed by atoms with Crippen molar-refractivity contribution in [3.8, 4) is 0 Å². The first-order valence-electron chi connectivity index (χ1n) is 13.5. The molecule has 3 nitrogen and oxygen atoms in total. The van der Waals surface area contributed by atoms with Crippen LogP contribution in [0.4, 0.5) is 5.69 Å². The quantitative estimate of drug-likeness (QED) is 0.181. The number of para-hydroxylation sites is 1. The highest BCUT2D eigenvalue weighted by Gasteiger charge is 2.15. The van der Waals surface area contributed by atoms with Crippen molar-refractivity contribution in [3.05, 3.63) is 66.2 Å². The van der Waals surface area contributed by atoms with Crippen LogP contribution in [0.1, 0.15) is 107 Å². The van der Waals surface area contributed by atoms with Gasteiger partial charge in [0.05, 0.1) is 0 Å². The van der Waals surface area contributed by atoms with Crippen molar-refractivity contribution in [2.75, 3.05) is 11.4 Å². The summed E-state index contributed by atoms with van der Waals surface area (Å²) in [5, 5.41) is 3.38. The molecule has 2 rings (SSSR count). The zero-order valence-corrected chi connectivity index (χ0v) is 22.0. The van der Waals surface area contributed by atoms with Gasteiger partial charge in [-0.15, -0.1) is 0 Å². The van der Waals surface area contributed by atoms with E-state index in [-0.39, 0.29) is 5.91 Å². The molecule has 0 heterocycles. The van der Waals surface area contributed by atoms with E-state index in [1.54, 1.807) is 12.1 Å². The predicted molar refractivity (Wildman–Crippen MR) is 151 cm³/mol. The Morgan fingerprint density at radius 2 is 1.12 bits per heavy atom. The number of rotatable bonds is 17. The smallest absolute Gasteiger partial charge is 0.257 e. The van der Waals surface area contributed by atoms with Crippen LogP contribution in [-0.2, 0) is 0 Å². The van der Waals surface area contributed by atoms with E-state index in [1.165, 1.54) is 83.5 Å². The van der Waals surface area contributed by atoms with E-state index in [4.69, 9.17) is 12.2 Å². The van der Waals surface area contributed by atoms with E-state index in [0.717, 1.165) is 18.7 Å². The van der Waals surface area contributed by atoms with Crippen molar-refractivity contribution in [2.24, 2.45) is 0 Å². The van der Waals surface area contributed by atoms with Crippen molar-refractivity contribution in [3.63, 3.8) is 0 Å². The van der Waals surface area contributed by atoms with Crippen molar-refractivity contribution < 1.29 is 4.79 Å². The molecule has 2 aromatic rings. The number of nitrogens with zero attached hydrogens (tertiary/aromatic N) is 1. The molecule has 0 spiro atoms. The van der Waals surface area contributed by atoms with Crippen LogP contribution in [0.25, 0.3) is 0 Å². The number of benzene rings is 2. The van der Waals surface area contributed by atoms with Gasteiger partial charge in [-0.3, -0.25) is 10.1 Å². The second-order valence-electron chi connectivity index (χ2n) is 9.21. The van der Waals surface area contributed by atoms with Gasteiger partial charge in [0.1, 0.15) is 0 Å². The molecular weight excluding hydrogens is 436 g/mol. The molecule has 0 aliphatic heterocycles. The van der Waals surface area contributed by atoms with Crippen molar-refractivity contribution >= 4 is 28.9 Å². The summed E-state index contributed by atoms with van der Waals surface area (Å²) in [7, 11) is 0. The summed E-state index contributed by atoms with van der Waals surface area (Å²) in [6.07, 6.45) is 18.8. The molecule has 0 aliphatic rings. The predicted octanol–water partition coefficient (Wildman–Crippen LogP) is 8.69. The number of carbonyl (C=O) groups excluding carboxylic acids is 1. The van der Waals surface area contributed by atoms with Gasteiger partial charge in [-0.2, -0.15) is 0 Å². The van der Waals surface area contributed by atoms with E-state index >= 15 is 0 Å². The molecule has 34 heavy (non-hydrogen) atoms. The molecular formula is C30H44N2OS. The molecule has 0 saturated heterocycles. The number of hydrogen-bond acceptors (Lipinski definition) is 2. The van der Waals surface area contributed by atoms with E-state index in [2.05, 4.69) is 17.1 Å². The van der Waals surface area contributed by atoms with Crippen LogP contribution in [0, 0.1) is 0 Å². The molecule has 0 aliphatic carbocycles. The molecule has 1 N–H and O–H groups in total. The van der Waals surface area contributed by atoms with Gasteiger partial charge >= 0.3 is 0 Å². The van der Waals surface area contributed by atoms with E-state index in [0.29, 0.717) is 10.7 Å². The zero-order valence-electron chi connectivity index (χ0n) is 21.1. The van der Waals surface area contributed by atoms with Gasteiger partial charge in [-0.1, -0.05) is 127 Å². The van der Waals surface area contributed by atoms with Crippen LogP contribution >= 0.6 is 12.2 Å². The second-order valence-corrected chi connectivity index (χ2v) is 9.60. The lowest BCUT2D eigenvalue weighted by Crippen LogP contribution is -2.43. The minimum absolute atomic E-state index is 0.160. The summed E-state index contributed by atoms with van der Waals surface area (Å²) in [5.41, 5.74) is 1.64. The molecule has 0 fully saturated rings. The fraction of sp³-hybridized carbons (Fsp3) is 0.533. The summed E-state index contributed by atoms with van der Waals surface area (Å²) < 4.78 is 0. The molecule has 0 radical (unpaired) electrons. The third-order valence-corrected chi connectivity index (χ3v) is 6.63. The topological polar surface area (TPSA) is 32.3 Å². The lowest BCUT2D eigenvalue weighted by Gasteiger charge is -2.25. The first kappa shape index (κ1) is 28.0. The van der Waals surface area contributed by atoms with Gasteiger partial charge < -0.3 is 4.90 Å². The Kier molecular flexibility index (Phi) is 15.0. The summed E-state index contributed by atoms with van der Waals surface area (Å²) in [5.74, 6) is -0.160. The maximum Gasteiger partial charge on any atom is 0.257 e. The maximum absolute atomic E-state index is 12.6. The first-order valence-corrected chi connectivity index (χ1v) is 13.9. The van der Waals surface area contributed by atoms with Crippen LogP contribution in [0.3, 0.4) is 0 Å². The van der Waals surface area contributed by atoms with E-state index in [1.807, 2.05) is 48.5 Å². The van der Waals surface area contributed by atoms with Gasteiger partial charge in [0.2, 0.25) is 0 Å². The molecule has 0 saturated carbocycles. The van der Waals surface area contributed by atoms with Gasteiger partial charge in [0.25, 0.3) is 5.91 Å². The number of hydrogen-bond donors (Lipinski definition) is 1. The number of amides is 1. The molecule has 186 valence electrons. The van der Waals surface area contributed by atoms with Crippen molar-refractivity contribution in [2.45, 2.75) is 96.8 Å². The van der Waals surface area contributed by atoms with Crippen LogP contribution in [-0.4, -0.2) is 17.6 Å². The van der Waals surface area contributed by atoms with E-state index in [9.17, 15) is 4.79 Å². The van der Waals surface area contributed by atoms with E-state index < -0.39 is 0 Å². The summed E-state index contributed by atoms with van der Waals surface area (Å²) in [6.45, 7) is 3.09. The highest BCUT2D eigenvalue weighted by atomic mass is 32.1. The summed E-state index contributed by atoms with van der Waals surface area (Å²) >= 11 is 5.63. The van der Waals surface area contributed by atoms with Gasteiger partial charge in [-0.25, -0.2) is 0 Å². The molecule has 1 amide bonds. The number of unbranched alkanes of at least 4 members (excludes halogenated alkanes) is 13. The third-order valence-electron chi connectivity index (χ3n) is 6.30. The van der Waals surface area contributed by atoms with Gasteiger partial charge in [-0.05, 0) is 42.9 Å². The fourth-order valence-corrected chi connectivity index (χ4v) is 4.54. The van der Waals surface area contributed by atoms with Crippen molar-refractivity contribution in [1.82, 2.24) is 5.32 Å². The molecule has 2 aromatic carbocycles. The lowest BCUT2D eigenvalue weighted by atomic mass is 10.0. The zero-order chi connectivity index (χ0) is 24.3. The molecule has 0 atom stereocenters. The average molecular weight is 481 g/mol. The molecule has 0 aromatic heterocycles. The summed E-state index contributed by atoms with van der Waals surface area (Å²) in [6, 6.07) is 19.3. The standard InChI is InChI=1S/C30H44N2OS/c1-2-3-4-5-6-7-8-9-10-11-12-13-14-21-26-32(28-24-19-16-20-25-28)30(34)31-29(33)27-22-17-15-18-23-27/h15-20,22-25H,2-14,21,26H2,1H3,(H,31,33,34). The Hall–Kier alpha value is -2.20. The number of anilines is 1. The summed E-state index contributed by atoms with van der Waals surface area (Å²) in [4.78, 5) is 14.6. The SMILES string of the molecule is CCCCCCCCCCCCCCCCN(C(=S)NC(=O)c1ccccc1)c1ccccc1. The maximum atomic E-state index is 12.6. The van der Waals surface area contributed by atoms with Gasteiger partial charge in [0, 0.05) is 17.8 Å². The van der Waals surface area contributed by atoms with Crippen LogP contribution in [0.15, 0.2) is 60.7 Å². The molecule has 4 heteroatoms. The minimum atomic E-state index is -0.160. The highest BCUT2D eigenvalue weighted by Crippen LogP contribution is 2.17. The Bertz CT molecular complexity index is 794. The monoisotopic (exact) mass is 480 g/mol. The molecule has 0 unspecified atom stereocenters. The Morgan fingerprint density at radius 1 is 0.676 bits per heavy atom. The fourth-order valence-electron chi connectivity index (χ4n) is 4.25. The Labute approximate surface area is 213 Å². The normalized spacial score (nSPS) is 10.7. The lowest BCUT2D eigenvalue weighted by molar-refractivity contribution is 0.0977. The van der Waals surface area contributed by atoms with Crippen LogP contribution in [0.5, 0.6) is 0 Å². The molecule has 0 bridgehead atoms. The first-order chi connectivity index (χ1) is 16.7. The highest BCUT2D eigenvalue weighted by molar-refractivity contribution is 7.80.